The Morgan fingerprint density at radius 1 is 1.14 bits per heavy atom. The zero-order valence-electron chi connectivity index (χ0n) is 14.9. The second kappa shape index (κ2) is 7.38. The predicted octanol–water partition coefficient (Wildman–Crippen LogP) is 4.37. The van der Waals surface area contributed by atoms with Crippen molar-refractivity contribution in [2.45, 2.75) is 54.9 Å². The lowest BCUT2D eigenvalue weighted by Crippen LogP contribution is -2.21. The van der Waals surface area contributed by atoms with E-state index in [0.717, 1.165) is 12.1 Å². The van der Waals surface area contributed by atoms with Crippen molar-refractivity contribution in [1.82, 2.24) is 19.5 Å². The number of aromatic nitrogens is 4. The quantitative estimate of drug-likeness (QED) is 0.849. The molecule has 0 saturated carbocycles. The van der Waals surface area contributed by atoms with E-state index in [0.29, 0.717) is 17.3 Å². The molecule has 2 heterocycles. The molecule has 0 amide bonds. The standard InChI is InChI=1S/C13H17N5.2C2H6/c1-8-4-5-9(13(8,2)3)18-7-17-10-11(14)15-6-16-12(10)18;2*1-2/h5-8H,4H2,1-3H3,(H2,14,15,16);2*1-2H3. The normalized spacial score (nSPS) is 18.9. The maximum absolute atomic E-state index is 5.82. The van der Waals surface area contributed by atoms with E-state index in [4.69, 9.17) is 5.73 Å². The summed E-state index contributed by atoms with van der Waals surface area (Å²) in [6.45, 7) is 14.8. The molecule has 0 spiro atoms. The molecule has 5 heteroatoms. The molecule has 5 nitrogen and oxygen atoms in total. The van der Waals surface area contributed by atoms with Gasteiger partial charge in [-0.15, -0.1) is 0 Å². The van der Waals surface area contributed by atoms with Crippen molar-refractivity contribution in [2.24, 2.45) is 11.3 Å². The van der Waals surface area contributed by atoms with E-state index in [1.807, 2.05) is 32.3 Å². The summed E-state index contributed by atoms with van der Waals surface area (Å²) in [6.07, 6.45) is 6.63. The van der Waals surface area contributed by atoms with Gasteiger partial charge in [-0.1, -0.05) is 54.5 Å². The summed E-state index contributed by atoms with van der Waals surface area (Å²) in [7, 11) is 0. The fourth-order valence-electron chi connectivity index (χ4n) is 2.54. The second-order valence-corrected chi connectivity index (χ2v) is 5.49. The molecule has 0 aliphatic heterocycles. The molecule has 22 heavy (non-hydrogen) atoms. The van der Waals surface area contributed by atoms with Gasteiger partial charge in [0, 0.05) is 11.1 Å². The average molecular weight is 303 g/mol. The topological polar surface area (TPSA) is 69.6 Å². The van der Waals surface area contributed by atoms with Gasteiger partial charge in [-0.05, 0) is 12.3 Å². The highest BCUT2D eigenvalue weighted by Crippen LogP contribution is 2.46. The number of nitrogens with zero attached hydrogens (tertiary/aromatic N) is 4. The molecule has 0 fully saturated rings. The van der Waals surface area contributed by atoms with E-state index in [-0.39, 0.29) is 5.41 Å². The molecule has 1 aliphatic carbocycles. The Morgan fingerprint density at radius 2 is 1.77 bits per heavy atom. The summed E-state index contributed by atoms with van der Waals surface area (Å²) in [5.41, 5.74) is 8.64. The first kappa shape index (κ1) is 18.1. The first-order chi connectivity index (χ1) is 10.5. The van der Waals surface area contributed by atoms with Crippen molar-refractivity contribution in [1.29, 1.82) is 0 Å². The number of hydrogen-bond donors (Lipinski definition) is 1. The van der Waals surface area contributed by atoms with Gasteiger partial charge >= 0.3 is 0 Å². The van der Waals surface area contributed by atoms with Crippen LogP contribution < -0.4 is 5.73 Å². The molecular weight excluding hydrogens is 274 g/mol. The average Bonchev–Trinajstić information content (AvgIpc) is 3.06. The first-order valence-corrected chi connectivity index (χ1v) is 8.16. The lowest BCUT2D eigenvalue weighted by Gasteiger charge is -2.28. The molecule has 2 aromatic heterocycles. The van der Waals surface area contributed by atoms with Gasteiger partial charge in [0.1, 0.15) is 12.7 Å². The number of hydrogen-bond acceptors (Lipinski definition) is 4. The van der Waals surface area contributed by atoms with Gasteiger partial charge < -0.3 is 5.73 Å². The Morgan fingerprint density at radius 3 is 2.32 bits per heavy atom. The van der Waals surface area contributed by atoms with Gasteiger partial charge in [0.25, 0.3) is 0 Å². The van der Waals surface area contributed by atoms with Gasteiger partial charge in [-0.25, -0.2) is 15.0 Å². The molecule has 3 rings (SSSR count). The number of rotatable bonds is 1. The van der Waals surface area contributed by atoms with Crippen molar-refractivity contribution in [3.05, 3.63) is 18.7 Å². The van der Waals surface area contributed by atoms with Crippen LogP contribution in [-0.4, -0.2) is 19.5 Å². The molecule has 0 aromatic carbocycles. The van der Waals surface area contributed by atoms with Crippen LogP contribution in [0.2, 0.25) is 0 Å². The van der Waals surface area contributed by atoms with Gasteiger partial charge in [0.15, 0.2) is 17.0 Å². The van der Waals surface area contributed by atoms with Crippen molar-refractivity contribution < 1.29 is 0 Å². The highest BCUT2D eigenvalue weighted by atomic mass is 15.1. The van der Waals surface area contributed by atoms with Crippen LogP contribution in [0, 0.1) is 11.3 Å². The Labute approximate surface area is 133 Å². The fraction of sp³-hybridized carbons (Fsp3) is 0.588. The Balaban J connectivity index is 0.000000561. The minimum Gasteiger partial charge on any atom is -0.382 e. The highest BCUT2D eigenvalue weighted by molar-refractivity contribution is 5.84. The van der Waals surface area contributed by atoms with Gasteiger partial charge in [0.05, 0.1) is 0 Å². The smallest absolute Gasteiger partial charge is 0.169 e. The summed E-state index contributed by atoms with van der Waals surface area (Å²) in [4.78, 5) is 12.6. The Kier molecular flexibility index (Phi) is 6.09. The predicted molar refractivity (Wildman–Crippen MR) is 94.3 cm³/mol. The molecule has 0 radical (unpaired) electrons. The Hall–Kier alpha value is -1.91. The van der Waals surface area contributed by atoms with E-state index in [9.17, 15) is 0 Å². The third-order valence-electron chi connectivity index (χ3n) is 4.18. The molecule has 122 valence electrons. The zero-order chi connectivity index (χ0) is 16.9. The number of anilines is 1. The summed E-state index contributed by atoms with van der Waals surface area (Å²) in [5, 5.41) is 0. The number of imidazole rings is 1. The first-order valence-electron chi connectivity index (χ1n) is 8.16. The molecule has 2 aromatic rings. The number of fused-ring (bicyclic) bond motifs is 1. The van der Waals surface area contributed by atoms with Crippen molar-refractivity contribution in [3.8, 4) is 0 Å². The maximum atomic E-state index is 5.82. The molecule has 1 unspecified atom stereocenters. The number of nitrogens with two attached hydrogens (primary N) is 1. The van der Waals surface area contributed by atoms with Crippen LogP contribution in [-0.2, 0) is 0 Å². The summed E-state index contributed by atoms with van der Waals surface area (Å²) in [5.74, 6) is 1.05. The zero-order valence-corrected chi connectivity index (χ0v) is 14.9. The van der Waals surface area contributed by atoms with Crippen molar-refractivity contribution >= 4 is 22.7 Å². The largest absolute Gasteiger partial charge is 0.382 e. The minimum atomic E-state index is 0.118. The van der Waals surface area contributed by atoms with Crippen LogP contribution in [0.15, 0.2) is 18.7 Å². The van der Waals surface area contributed by atoms with Crippen molar-refractivity contribution in [2.75, 3.05) is 5.73 Å². The number of allylic oxidation sites excluding steroid dienone is 2. The summed E-state index contributed by atoms with van der Waals surface area (Å²) in [6, 6.07) is 0. The third-order valence-corrected chi connectivity index (χ3v) is 4.18. The van der Waals surface area contributed by atoms with Crippen LogP contribution in [0.5, 0.6) is 0 Å². The molecule has 1 atom stereocenters. The van der Waals surface area contributed by atoms with Crippen LogP contribution in [0.4, 0.5) is 5.82 Å². The SMILES string of the molecule is CC.CC.CC1CC=C(n2cnc3c(N)ncnc32)C1(C)C. The second-order valence-electron chi connectivity index (χ2n) is 5.49. The van der Waals surface area contributed by atoms with Crippen LogP contribution in [0.1, 0.15) is 54.9 Å². The molecule has 0 bridgehead atoms. The Bertz CT molecular complexity index is 640. The third kappa shape index (κ3) is 2.98. The molecule has 0 saturated heterocycles. The monoisotopic (exact) mass is 303 g/mol. The number of nitrogen functional groups attached to an aromatic ring is 1. The van der Waals surface area contributed by atoms with Gasteiger partial charge in [-0.3, -0.25) is 4.57 Å². The van der Waals surface area contributed by atoms with E-state index in [2.05, 4.69) is 41.8 Å². The van der Waals surface area contributed by atoms with Crippen molar-refractivity contribution in [3.63, 3.8) is 0 Å². The lowest BCUT2D eigenvalue weighted by molar-refractivity contribution is 0.338. The molecular formula is C17H29N5. The molecule has 1 aliphatic rings. The summed E-state index contributed by atoms with van der Waals surface area (Å²) < 4.78 is 2.04. The van der Waals surface area contributed by atoms with E-state index >= 15 is 0 Å². The van der Waals surface area contributed by atoms with Gasteiger partial charge in [0.2, 0.25) is 0 Å². The minimum absolute atomic E-state index is 0.118. The van der Waals surface area contributed by atoms with Crippen LogP contribution >= 0.6 is 0 Å². The van der Waals surface area contributed by atoms with Crippen LogP contribution in [0.3, 0.4) is 0 Å². The van der Waals surface area contributed by atoms with E-state index < -0.39 is 0 Å². The van der Waals surface area contributed by atoms with Crippen LogP contribution in [0.25, 0.3) is 16.9 Å². The summed E-state index contributed by atoms with van der Waals surface area (Å²) >= 11 is 0. The highest BCUT2D eigenvalue weighted by Gasteiger charge is 2.36. The van der Waals surface area contributed by atoms with E-state index in [1.54, 1.807) is 6.33 Å². The molecule has 2 N–H and O–H groups in total. The van der Waals surface area contributed by atoms with Gasteiger partial charge in [-0.2, -0.15) is 0 Å². The maximum Gasteiger partial charge on any atom is 0.169 e. The van der Waals surface area contributed by atoms with E-state index in [1.165, 1.54) is 12.0 Å². The fourth-order valence-corrected chi connectivity index (χ4v) is 2.54. The lowest BCUT2D eigenvalue weighted by atomic mass is 9.81.